The SMILES string of the molecule is CC(C)N1CCc2nc(NC(=O)c3ccco3)sc2C1. The van der Waals surface area contributed by atoms with E-state index in [0.717, 1.165) is 25.2 Å². The fourth-order valence-electron chi connectivity index (χ4n) is 2.28. The molecule has 2 aromatic rings. The Labute approximate surface area is 121 Å². The first-order valence-corrected chi connectivity index (χ1v) is 7.52. The fraction of sp³-hybridized carbons (Fsp3) is 0.429. The molecule has 0 fully saturated rings. The molecule has 0 aliphatic carbocycles. The molecule has 1 N–H and O–H groups in total. The molecule has 0 atom stereocenters. The van der Waals surface area contributed by atoms with Crippen LogP contribution in [0.25, 0.3) is 0 Å². The Morgan fingerprint density at radius 1 is 1.55 bits per heavy atom. The highest BCUT2D eigenvalue weighted by Gasteiger charge is 2.23. The Balaban J connectivity index is 1.73. The molecule has 1 aliphatic rings. The molecule has 5 nitrogen and oxygen atoms in total. The molecule has 0 saturated carbocycles. The summed E-state index contributed by atoms with van der Waals surface area (Å²) in [6.07, 6.45) is 2.43. The highest BCUT2D eigenvalue weighted by molar-refractivity contribution is 7.15. The third kappa shape index (κ3) is 2.62. The molecule has 1 amide bonds. The summed E-state index contributed by atoms with van der Waals surface area (Å²) >= 11 is 1.56. The van der Waals surface area contributed by atoms with Gasteiger partial charge in [0.05, 0.1) is 12.0 Å². The average molecular weight is 291 g/mol. The first-order chi connectivity index (χ1) is 9.63. The molecule has 0 unspecified atom stereocenters. The third-order valence-electron chi connectivity index (χ3n) is 3.46. The highest BCUT2D eigenvalue weighted by atomic mass is 32.1. The number of fused-ring (bicyclic) bond motifs is 1. The van der Waals surface area contributed by atoms with Crippen molar-refractivity contribution in [3.8, 4) is 0 Å². The first kappa shape index (κ1) is 13.3. The molecule has 0 bridgehead atoms. The summed E-state index contributed by atoms with van der Waals surface area (Å²) in [6, 6.07) is 3.87. The van der Waals surface area contributed by atoms with E-state index in [-0.39, 0.29) is 5.91 Å². The number of nitrogens with zero attached hydrogens (tertiary/aromatic N) is 2. The second kappa shape index (κ2) is 5.38. The van der Waals surface area contributed by atoms with Gasteiger partial charge in [-0.05, 0) is 26.0 Å². The van der Waals surface area contributed by atoms with E-state index in [4.69, 9.17) is 4.42 Å². The number of amides is 1. The van der Waals surface area contributed by atoms with Crippen molar-refractivity contribution in [2.24, 2.45) is 0 Å². The number of aromatic nitrogens is 1. The predicted octanol–water partition coefficient (Wildman–Crippen LogP) is 2.75. The summed E-state index contributed by atoms with van der Waals surface area (Å²) in [6.45, 7) is 6.35. The van der Waals surface area contributed by atoms with Crippen molar-refractivity contribution < 1.29 is 9.21 Å². The van der Waals surface area contributed by atoms with E-state index in [1.165, 1.54) is 11.1 Å². The quantitative estimate of drug-likeness (QED) is 0.944. The van der Waals surface area contributed by atoms with Gasteiger partial charge in [0.15, 0.2) is 10.9 Å². The molecule has 0 saturated heterocycles. The lowest BCUT2D eigenvalue weighted by molar-refractivity contribution is 0.0996. The van der Waals surface area contributed by atoms with Crippen LogP contribution < -0.4 is 5.32 Å². The van der Waals surface area contributed by atoms with Gasteiger partial charge in [-0.3, -0.25) is 15.0 Å². The van der Waals surface area contributed by atoms with Gasteiger partial charge in [0.2, 0.25) is 0 Å². The number of hydrogen-bond donors (Lipinski definition) is 1. The van der Waals surface area contributed by atoms with E-state index >= 15 is 0 Å². The first-order valence-electron chi connectivity index (χ1n) is 6.71. The standard InChI is InChI=1S/C14H17N3O2S/c1-9(2)17-6-5-10-12(8-17)20-14(15-10)16-13(18)11-4-3-7-19-11/h3-4,7,9H,5-6,8H2,1-2H3,(H,15,16,18). The summed E-state index contributed by atoms with van der Waals surface area (Å²) in [5, 5.41) is 3.46. The van der Waals surface area contributed by atoms with E-state index in [1.54, 1.807) is 23.5 Å². The van der Waals surface area contributed by atoms with Crippen molar-refractivity contribution in [2.75, 3.05) is 11.9 Å². The van der Waals surface area contributed by atoms with Crippen molar-refractivity contribution in [1.82, 2.24) is 9.88 Å². The minimum atomic E-state index is -0.248. The van der Waals surface area contributed by atoms with Crippen molar-refractivity contribution in [1.29, 1.82) is 0 Å². The van der Waals surface area contributed by atoms with E-state index in [2.05, 4.69) is 29.0 Å². The monoisotopic (exact) mass is 291 g/mol. The van der Waals surface area contributed by atoms with Crippen LogP contribution >= 0.6 is 11.3 Å². The van der Waals surface area contributed by atoms with Crippen LogP contribution in [0.4, 0.5) is 5.13 Å². The highest BCUT2D eigenvalue weighted by Crippen LogP contribution is 2.29. The maximum Gasteiger partial charge on any atom is 0.293 e. The van der Waals surface area contributed by atoms with Gasteiger partial charge in [-0.2, -0.15) is 0 Å². The third-order valence-corrected chi connectivity index (χ3v) is 4.45. The predicted molar refractivity (Wildman–Crippen MR) is 78.0 cm³/mol. The number of anilines is 1. The number of furan rings is 1. The van der Waals surface area contributed by atoms with Crippen LogP contribution in [0.15, 0.2) is 22.8 Å². The molecule has 3 rings (SSSR count). The molecule has 0 aromatic carbocycles. The lowest BCUT2D eigenvalue weighted by Gasteiger charge is -2.29. The van der Waals surface area contributed by atoms with Crippen LogP contribution in [-0.2, 0) is 13.0 Å². The van der Waals surface area contributed by atoms with Crippen molar-refractivity contribution in [3.05, 3.63) is 34.7 Å². The van der Waals surface area contributed by atoms with Crippen molar-refractivity contribution >= 4 is 22.4 Å². The Morgan fingerprint density at radius 3 is 3.10 bits per heavy atom. The number of nitrogens with one attached hydrogen (secondary N) is 1. The molecule has 106 valence electrons. The maximum atomic E-state index is 11.9. The lowest BCUT2D eigenvalue weighted by atomic mass is 10.1. The Kier molecular flexibility index (Phi) is 3.58. The second-order valence-corrected chi connectivity index (χ2v) is 6.22. The summed E-state index contributed by atoms with van der Waals surface area (Å²) in [5.74, 6) is 0.0591. The van der Waals surface area contributed by atoms with E-state index in [9.17, 15) is 4.79 Å². The Bertz CT molecular complexity index is 604. The van der Waals surface area contributed by atoms with Crippen LogP contribution in [0.5, 0.6) is 0 Å². The summed E-state index contributed by atoms with van der Waals surface area (Å²) < 4.78 is 5.07. The Hall–Kier alpha value is -1.66. The zero-order chi connectivity index (χ0) is 14.1. The van der Waals surface area contributed by atoms with Crippen molar-refractivity contribution in [3.63, 3.8) is 0 Å². The largest absolute Gasteiger partial charge is 0.459 e. The number of carbonyl (C=O) groups is 1. The average Bonchev–Trinajstić information content (AvgIpc) is 3.06. The van der Waals surface area contributed by atoms with Crippen LogP contribution in [0.1, 0.15) is 35.0 Å². The number of carbonyl (C=O) groups excluding carboxylic acids is 1. The number of thiazole rings is 1. The Morgan fingerprint density at radius 2 is 2.40 bits per heavy atom. The number of hydrogen-bond acceptors (Lipinski definition) is 5. The van der Waals surface area contributed by atoms with Crippen LogP contribution in [0.2, 0.25) is 0 Å². The van der Waals surface area contributed by atoms with E-state index in [1.807, 2.05) is 0 Å². The molecule has 3 heterocycles. The van der Waals surface area contributed by atoms with E-state index in [0.29, 0.717) is 16.9 Å². The van der Waals surface area contributed by atoms with Gasteiger partial charge in [0, 0.05) is 30.4 Å². The topological polar surface area (TPSA) is 58.4 Å². The molecule has 6 heteroatoms. The van der Waals surface area contributed by atoms with Gasteiger partial charge >= 0.3 is 0 Å². The molecule has 20 heavy (non-hydrogen) atoms. The summed E-state index contributed by atoms with van der Waals surface area (Å²) in [7, 11) is 0. The molecule has 0 spiro atoms. The van der Waals surface area contributed by atoms with Crippen LogP contribution in [0, 0.1) is 0 Å². The molecular weight excluding hydrogens is 274 g/mol. The second-order valence-electron chi connectivity index (χ2n) is 5.13. The molecule has 2 aromatic heterocycles. The summed E-state index contributed by atoms with van der Waals surface area (Å²) in [4.78, 5) is 20.1. The van der Waals surface area contributed by atoms with Crippen molar-refractivity contribution in [2.45, 2.75) is 32.9 Å². The zero-order valence-electron chi connectivity index (χ0n) is 11.5. The van der Waals surface area contributed by atoms with Gasteiger partial charge in [0.25, 0.3) is 5.91 Å². The minimum absolute atomic E-state index is 0.248. The van der Waals surface area contributed by atoms with Gasteiger partial charge < -0.3 is 4.42 Å². The molecule has 0 radical (unpaired) electrons. The number of rotatable bonds is 3. The lowest BCUT2D eigenvalue weighted by Crippen LogP contribution is -2.35. The van der Waals surface area contributed by atoms with Gasteiger partial charge in [-0.1, -0.05) is 0 Å². The fourth-order valence-corrected chi connectivity index (χ4v) is 3.30. The zero-order valence-corrected chi connectivity index (χ0v) is 12.4. The van der Waals surface area contributed by atoms with Crippen LogP contribution in [0.3, 0.4) is 0 Å². The maximum absolute atomic E-state index is 11.9. The van der Waals surface area contributed by atoms with Crippen LogP contribution in [-0.4, -0.2) is 28.4 Å². The summed E-state index contributed by atoms with van der Waals surface area (Å²) in [5.41, 5.74) is 1.11. The smallest absolute Gasteiger partial charge is 0.293 e. The van der Waals surface area contributed by atoms with Gasteiger partial charge in [-0.25, -0.2) is 4.98 Å². The normalized spacial score (nSPS) is 15.3. The minimum Gasteiger partial charge on any atom is -0.459 e. The molecular formula is C14H17N3O2S. The van der Waals surface area contributed by atoms with E-state index < -0.39 is 0 Å². The van der Waals surface area contributed by atoms with Gasteiger partial charge in [-0.15, -0.1) is 11.3 Å². The molecule has 1 aliphatic heterocycles. The van der Waals surface area contributed by atoms with Gasteiger partial charge in [0.1, 0.15) is 0 Å².